The van der Waals surface area contributed by atoms with Crippen molar-refractivity contribution in [2.75, 3.05) is 6.54 Å². The summed E-state index contributed by atoms with van der Waals surface area (Å²) in [5, 5.41) is 28.9. The summed E-state index contributed by atoms with van der Waals surface area (Å²) in [4.78, 5) is 20.2. The summed E-state index contributed by atoms with van der Waals surface area (Å²) in [5.74, 6) is -2.91. The van der Waals surface area contributed by atoms with Crippen LogP contribution in [0.1, 0.15) is 5.56 Å². The molecule has 1 rings (SSSR count). The number of hydrogen-bond acceptors (Lipinski definition) is 4. The van der Waals surface area contributed by atoms with Crippen LogP contribution in [0.3, 0.4) is 0 Å². The molecule has 6 nitrogen and oxygen atoms in total. The largest absolute Gasteiger partial charge is 0.479 e. The Labute approximate surface area is 103 Å². The van der Waals surface area contributed by atoms with Gasteiger partial charge in [0, 0.05) is 15.0 Å². The van der Waals surface area contributed by atoms with E-state index in [0.717, 1.165) is 12.1 Å². The molecule has 0 aliphatic rings. The topological polar surface area (TPSA) is 101 Å². The number of carboxylic acid groups (broad SMARTS) is 1. The highest BCUT2D eigenvalue weighted by molar-refractivity contribution is 9.10. The maximum absolute atomic E-state index is 13.4. The zero-order valence-electron chi connectivity index (χ0n) is 8.26. The standard InChI is InChI=1S/C9H7BrFNO5/c10-5-1-2-7(11)6(3-5)9(15,8(13)14)4-12(16)17/h1-3,15H,4H2,(H,13,14)/t9-/m0/s1. The van der Waals surface area contributed by atoms with Gasteiger partial charge in [0.25, 0.3) is 5.60 Å². The molecule has 0 bridgehead atoms. The molecule has 0 saturated carbocycles. The van der Waals surface area contributed by atoms with E-state index in [-0.39, 0.29) is 0 Å². The molecular weight excluding hydrogens is 301 g/mol. The van der Waals surface area contributed by atoms with Gasteiger partial charge in [-0.2, -0.15) is 0 Å². The van der Waals surface area contributed by atoms with Crippen LogP contribution in [0, 0.1) is 15.9 Å². The quantitative estimate of drug-likeness (QED) is 0.641. The predicted molar refractivity (Wildman–Crippen MR) is 57.5 cm³/mol. The van der Waals surface area contributed by atoms with E-state index in [1.807, 2.05) is 0 Å². The van der Waals surface area contributed by atoms with Crippen molar-refractivity contribution in [3.8, 4) is 0 Å². The molecule has 1 atom stereocenters. The summed E-state index contributed by atoms with van der Waals surface area (Å²) in [7, 11) is 0. The van der Waals surface area contributed by atoms with Gasteiger partial charge in [0.15, 0.2) is 0 Å². The first-order valence-electron chi connectivity index (χ1n) is 4.30. The van der Waals surface area contributed by atoms with E-state index >= 15 is 0 Å². The Balaban J connectivity index is 3.36. The van der Waals surface area contributed by atoms with Crippen molar-refractivity contribution in [2.24, 2.45) is 0 Å². The molecule has 0 saturated heterocycles. The molecule has 1 aromatic rings. The summed E-state index contributed by atoms with van der Waals surface area (Å²) in [6, 6.07) is 3.19. The molecule has 92 valence electrons. The maximum atomic E-state index is 13.4. The summed E-state index contributed by atoms with van der Waals surface area (Å²) in [6.07, 6.45) is 0. The first-order valence-corrected chi connectivity index (χ1v) is 5.10. The summed E-state index contributed by atoms with van der Waals surface area (Å²) < 4.78 is 13.7. The van der Waals surface area contributed by atoms with E-state index in [4.69, 9.17) is 5.11 Å². The Kier molecular flexibility index (Phi) is 3.79. The fourth-order valence-electron chi connectivity index (χ4n) is 1.27. The molecule has 0 heterocycles. The lowest BCUT2D eigenvalue weighted by molar-refractivity contribution is -0.499. The first-order chi connectivity index (χ1) is 7.77. The minimum atomic E-state index is -2.89. The highest BCUT2D eigenvalue weighted by Crippen LogP contribution is 2.27. The third-order valence-corrected chi connectivity index (χ3v) is 2.58. The van der Waals surface area contributed by atoms with Crippen molar-refractivity contribution >= 4 is 21.9 Å². The van der Waals surface area contributed by atoms with Crippen LogP contribution >= 0.6 is 15.9 Å². The van der Waals surface area contributed by atoms with Crippen molar-refractivity contribution in [1.82, 2.24) is 0 Å². The van der Waals surface area contributed by atoms with Gasteiger partial charge in [-0.05, 0) is 18.2 Å². The molecule has 0 amide bonds. The Morgan fingerprint density at radius 2 is 2.18 bits per heavy atom. The average Bonchev–Trinajstić information content (AvgIpc) is 2.20. The summed E-state index contributed by atoms with van der Waals surface area (Å²) in [6.45, 7) is -1.32. The number of nitrogens with zero attached hydrogens (tertiary/aromatic N) is 1. The molecule has 0 fully saturated rings. The molecule has 2 N–H and O–H groups in total. The number of benzene rings is 1. The summed E-state index contributed by atoms with van der Waals surface area (Å²) >= 11 is 2.96. The third kappa shape index (κ3) is 2.77. The van der Waals surface area contributed by atoms with Gasteiger partial charge in [-0.15, -0.1) is 0 Å². The third-order valence-electron chi connectivity index (χ3n) is 2.09. The number of aliphatic carboxylic acids is 1. The molecule has 0 radical (unpaired) electrons. The number of halogens is 2. The second-order valence-electron chi connectivity index (χ2n) is 3.28. The van der Waals surface area contributed by atoms with Crippen molar-refractivity contribution in [1.29, 1.82) is 0 Å². The van der Waals surface area contributed by atoms with Crippen molar-refractivity contribution in [3.05, 3.63) is 44.2 Å². The zero-order valence-corrected chi connectivity index (χ0v) is 9.85. The maximum Gasteiger partial charge on any atom is 0.347 e. The molecule has 0 spiro atoms. The molecule has 0 aliphatic carbocycles. The van der Waals surface area contributed by atoms with Crippen LogP contribution in [-0.2, 0) is 10.4 Å². The minimum absolute atomic E-state index is 0.303. The number of rotatable bonds is 4. The van der Waals surface area contributed by atoms with Crippen LogP contribution < -0.4 is 0 Å². The van der Waals surface area contributed by atoms with E-state index in [0.29, 0.717) is 4.47 Å². The molecule has 8 heteroatoms. The second kappa shape index (κ2) is 4.76. The van der Waals surface area contributed by atoms with Gasteiger partial charge < -0.3 is 10.2 Å². The zero-order chi connectivity index (χ0) is 13.2. The van der Waals surface area contributed by atoms with Crippen molar-refractivity contribution < 1.29 is 24.3 Å². The van der Waals surface area contributed by atoms with E-state index < -0.39 is 34.4 Å². The van der Waals surface area contributed by atoms with Gasteiger partial charge in [-0.25, -0.2) is 9.18 Å². The van der Waals surface area contributed by atoms with Gasteiger partial charge in [-0.3, -0.25) is 10.1 Å². The lowest BCUT2D eigenvalue weighted by Gasteiger charge is -2.20. The SMILES string of the molecule is O=C(O)[C@](O)(C[N+](=O)[O-])c1cc(Br)ccc1F. The highest BCUT2D eigenvalue weighted by Gasteiger charge is 2.45. The predicted octanol–water partition coefficient (Wildman–Crippen LogP) is 1.14. The minimum Gasteiger partial charge on any atom is -0.479 e. The fourth-order valence-corrected chi connectivity index (χ4v) is 1.63. The highest BCUT2D eigenvalue weighted by atomic mass is 79.9. The Hall–Kier alpha value is -1.54. The second-order valence-corrected chi connectivity index (χ2v) is 4.20. The van der Waals surface area contributed by atoms with Crippen LogP contribution in [0.15, 0.2) is 22.7 Å². The molecular formula is C9H7BrFNO5. The molecule has 0 aromatic heterocycles. The lowest BCUT2D eigenvalue weighted by atomic mass is 9.93. The molecule has 1 aromatic carbocycles. The molecule has 0 unspecified atom stereocenters. The van der Waals surface area contributed by atoms with Crippen LogP contribution in [0.2, 0.25) is 0 Å². The van der Waals surface area contributed by atoms with Crippen molar-refractivity contribution in [3.63, 3.8) is 0 Å². The number of nitro groups is 1. The van der Waals surface area contributed by atoms with E-state index in [2.05, 4.69) is 15.9 Å². The lowest BCUT2D eigenvalue weighted by Crippen LogP contribution is -2.43. The Morgan fingerprint density at radius 3 is 2.65 bits per heavy atom. The van der Waals surface area contributed by atoms with Gasteiger partial charge in [-0.1, -0.05) is 15.9 Å². The summed E-state index contributed by atoms with van der Waals surface area (Å²) in [5.41, 5.74) is -3.55. The van der Waals surface area contributed by atoms with E-state index in [1.165, 1.54) is 6.07 Å². The monoisotopic (exact) mass is 307 g/mol. The van der Waals surface area contributed by atoms with Crippen LogP contribution in [0.25, 0.3) is 0 Å². The molecule has 17 heavy (non-hydrogen) atoms. The Bertz CT molecular complexity index is 480. The van der Waals surface area contributed by atoms with Crippen molar-refractivity contribution in [2.45, 2.75) is 5.60 Å². The first kappa shape index (κ1) is 13.5. The normalized spacial score (nSPS) is 14.1. The van der Waals surface area contributed by atoms with Gasteiger partial charge >= 0.3 is 5.97 Å². The molecule has 0 aliphatic heterocycles. The van der Waals surface area contributed by atoms with Crippen LogP contribution in [0.4, 0.5) is 4.39 Å². The smallest absolute Gasteiger partial charge is 0.347 e. The average molecular weight is 308 g/mol. The van der Waals surface area contributed by atoms with Gasteiger partial charge in [0.1, 0.15) is 5.82 Å². The number of carboxylic acids is 1. The van der Waals surface area contributed by atoms with Gasteiger partial charge in [0.05, 0.1) is 0 Å². The fraction of sp³-hybridized carbons (Fsp3) is 0.222. The van der Waals surface area contributed by atoms with Crippen LogP contribution in [0.5, 0.6) is 0 Å². The Morgan fingerprint density at radius 1 is 1.59 bits per heavy atom. The van der Waals surface area contributed by atoms with E-state index in [9.17, 15) is 24.4 Å². The van der Waals surface area contributed by atoms with Crippen LogP contribution in [-0.4, -0.2) is 27.7 Å². The van der Waals surface area contributed by atoms with Gasteiger partial charge in [0.2, 0.25) is 6.54 Å². The van der Waals surface area contributed by atoms with E-state index in [1.54, 1.807) is 0 Å². The number of carbonyl (C=O) groups is 1. The number of aliphatic hydroxyl groups is 1. The number of hydrogen-bond donors (Lipinski definition) is 2.